The molecule has 1 aromatic carbocycles. The van der Waals surface area contributed by atoms with Gasteiger partial charge in [-0.05, 0) is 25.3 Å². The van der Waals surface area contributed by atoms with Gasteiger partial charge in [-0.3, -0.25) is 0 Å². The van der Waals surface area contributed by atoms with Crippen molar-refractivity contribution >= 4 is 11.4 Å². The lowest BCUT2D eigenvalue weighted by molar-refractivity contribution is -0.496. The van der Waals surface area contributed by atoms with Crippen molar-refractivity contribution in [2.24, 2.45) is 0 Å². The topological polar surface area (TPSA) is 42.9 Å². The Bertz CT molecular complexity index is 300. The molecule has 2 rings (SSSR count). The predicted octanol–water partition coefficient (Wildman–Crippen LogP) is -1.63. The molecular weight excluding hydrogens is 303 g/mol. The normalized spacial score (nSPS) is 15.9. The van der Waals surface area contributed by atoms with Gasteiger partial charge >= 0.3 is 0 Å². The molecular formula is C11H16IN2O-. The molecule has 0 bridgehead atoms. The summed E-state index contributed by atoms with van der Waals surface area (Å²) < 4.78 is 0. The third-order valence-corrected chi connectivity index (χ3v) is 2.76. The maximum Gasteiger partial charge on any atom is 0.153 e. The zero-order valence-corrected chi connectivity index (χ0v) is 10.8. The number of nitrogens with zero attached hydrogens (tertiary/aromatic N) is 1. The summed E-state index contributed by atoms with van der Waals surface area (Å²) in [6, 6.07) is 7.83. The van der Waals surface area contributed by atoms with E-state index in [-0.39, 0.29) is 24.0 Å². The molecule has 0 aliphatic carbocycles. The minimum Gasteiger partial charge on any atom is -1.00 e. The van der Waals surface area contributed by atoms with Crippen LogP contribution in [0.4, 0.5) is 11.4 Å². The first kappa shape index (κ1) is 12.7. The first-order valence-electron chi connectivity index (χ1n) is 5.21. The van der Waals surface area contributed by atoms with E-state index in [9.17, 15) is 5.21 Å². The number of benzene rings is 1. The zero-order chi connectivity index (χ0) is 9.80. The van der Waals surface area contributed by atoms with Crippen molar-refractivity contribution in [1.29, 1.82) is 0 Å². The maximum absolute atomic E-state index is 10.8. The van der Waals surface area contributed by atoms with Gasteiger partial charge in [0.2, 0.25) is 0 Å². The number of hydrogen-bond donors (Lipinski definition) is 1. The number of halogens is 1. The van der Waals surface area contributed by atoms with Crippen LogP contribution in [-0.2, 0) is 0 Å². The molecule has 0 aromatic heterocycles. The Labute approximate surface area is 107 Å². The van der Waals surface area contributed by atoms with Gasteiger partial charge in [0.25, 0.3) is 0 Å². The highest BCUT2D eigenvalue weighted by Gasteiger charge is 2.14. The van der Waals surface area contributed by atoms with E-state index in [0.29, 0.717) is 0 Å². The Kier molecular flexibility index (Phi) is 5.35. The maximum atomic E-state index is 10.8. The Morgan fingerprint density at radius 2 is 1.73 bits per heavy atom. The molecule has 3 nitrogen and oxygen atoms in total. The molecule has 1 aliphatic rings. The molecule has 0 atom stereocenters. The molecule has 1 aliphatic heterocycles. The van der Waals surface area contributed by atoms with Crippen molar-refractivity contribution in [1.82, 2.24) is 0 Å². The Balaban J connectivity index is 0.00000112. The van der Waals surface area contributed by atoms with Gasteiger partial charge in [0.05, 0.1) is 5.69 Å². The quantitative estimate of drug-likeness (QED) is 0.404. The summed E-state index contributed by atoms with van der Waals surface area (Å²) in [7, 11) is 0. The van der Waals surface area contributed by atoms with Gasteiger partial charge in [-0.1, -0.05) is 12.1 Å². The molecule has 1 heterocycles. The molecule has 0 unspecified atom stereocenters. The molecule has 15 heavy (non-hydrogen) atoms. The van der Waals surface area contributed by atoms with Crippen LogP contribution in [0.25, 0.3) is 0 Å². The van der Waals surface area contributed by atoms with E-state index in [2.05, 4.69) is 4.90 Å². The van der Waals surface area contributed by atoms with Gasteiger partial charge in [-0.2, -0.15) is 0 Å². The average Bonchev–Trinajstić information content (AvgIpc) is 2.30. The van der Waals surface area contributed by atoms with E-state index in [0.717, 1.165) is 29.9 Å². The third kappa shape index (κ3) is 3.06. The molecule has 1 saturated heterocycles. The van der Waals surface area contributed by atoms with Crippen LogP contribution in [0.3, 0.4) is 0 Å². The standard InChI is InChI=1S/C11H16N2O.HI/c14-12-10-6-2-3-7-11(10)13-8-4-1-5-9-13;/h2-3,6-7H,1,4-5,8-9,12H2;1H/p-1. The van der Waals surface area contributed by atoms with Crippen LogP contribution in [0.1, 0.15) is 19.3 Å². The van der Waals surface area contributed by atoms with Crippen molar-refractivity contribution in [3.8, 4) is 0 Å². The van der Waals surface area contributed by atoms with Gasteiger partial charge in [0, 0.05) is 19.2 Å². The molecule has 4 heteroatoms. The van der Waals surface area contributed by atoms with Crippen LogP contribution >= 0.6 is 0 Å². The van der Waals surface area contributed by atoms with Gasteiger partial charge < -0.3 is 39.6 Å². The Hall–Kier alpha value is -0.330. The summed E-state index contributed by atoms with van der Waals surface area (Å²) in [4.78, 5) is 2.31. The Morgan fingerprint density at radius 3 is 2.40 bits per heavy atom. The largest absolute Gasteiger partial charge is 1.00 e. The summed E-state index contributed by atoms with van der Waals surface area (Å²) in [6.07, 6.45) is 3.81. The molecule has 1 fully saturated rings. The average molecular weight is 319 g/mol. The fourth-order valence-corrected chi connectivity index (χ4v) is 2.01. The van der Waals surface area contributed by atoms with Crippen molar-refractivity contribution in [2.75, 3.05) is 18.0 Å². The number of para-hydroxylation sites is 1. The second-order valence-electron chi connectivity index (χ2n) is 3.72. The van der Waals surface area contributed by atoms with Crippen molar-refractivity contribution in [3.05, 3.63) is 29.5 Å². The first-order chi connectivity index (χ1) is 6.92. The number of nitrogens with two attached hydrogens (primary N) is 1. The lowest BCUT2D eigenvalue weighted by Gasteiger charge is -2.29. The number of rotatable bonds is 2. The predicted molar refractivity (Wildman–Crippen MR) is 57.5 cm³/mol. The molecule has 84 valence electrons. The van der Waals surface area contributed by atoms with E-state index in [4.69, 9.17) is 0 Å². The van der Waals surface area contributed by atoms with Crippen LogP contribution in [0.2, 0.25) is 0 Å². The second-order valence-corrected chi connectivity index (χ2v) is 3.72. The second kappa shape index (κ2) is 6.30. The summed E-state index contributed by atoms with van der Waals surface area (Å²) in [5.74, 6) is 0. The highest BCUT2D eigenvalue weighted by Crippen LogP contribution is 2.24. The Morgan fingerprint density at radius 1 is 1.07 bits per heavy atom. The smallest absolute Gasteiger partial charge is 0.153 e. The molecule has 0 spiro atoms. The third-order valence-electron chi connectivity index (χ3n) is 2.76. The van der Waals surface area contributed by atoms with Crippen LogP contribution in [0.5, 0.6) is 0 Å². The first-order valence-corrected chi connectivity index (χ1v) is 5.21. The van der Waals surface area contributed by atoms with Crippen molar-refractivity contribution in [3.63, 3.8) is 0 Å². The number of quaternary nitrogens is 1. The van der Waals surface area contributed by atoms with E-state index >= 15 is 0 Å². The minimum absolute atomic E-state index is 0. The number of hydrogen-bond acceptors (Lipinski definition) is 2. The fraction of sp³-hybridized carbons (Fsp3) is 0.455. The van der Waals surface area contributed by atoms with Crippen LogP contribution in [0.15, 0.2) is 24.3 Å². The van der Waals surface area contributed by atoms with Crippen molar-refractivity contribution in [2.45, 2.75) is 19.3 Å². The van der Waals surface area contributed by atoms with Crippen LogP contribution in [-0.4, -0.2) is 13.1 Å². The van der Waals surface area contributed by atoms with Crippen LogP contribution in [0, 0.1) is 5.21 Å². The lowest BCUT2D eigenvalue weighted by Crippen LogP contribution is -3.00. The highest BCUT2D eigenvalue weighted by molar-refractivity contribution is 5.62. The van der Waals surface area contributed by atoms with Gasteiger partial charge in [-0.15, -0.1) is 0 Å². The monoisotopic (exact) mass is 319 g/mol. The molecule has 0 radical (unpaired) electrons. The SMILES string of the molecule is [I-].[O-][NH2+]c1ccccc1N1CCCCC1. The molecule has 0 amide bonds. The van der Waals surface area contributed by atoms with E-state index in [1.54, 1.807) is 0 Å². The van der Waals surface area contributed by atoms with Crippen molar-refractivity contribution < 1.29 is 29.5 Å². The molecule has 2 N–H and O–H groups in total. The summed E-state index contributed by atoms with van der Waals surface area (Å²) in [6.45, 7) is 2.18. The number of anilines is 1. The van der Waals surface area contributed by atoms with Gasteiger partial charge in [0.15, 0.2) is 5.69 Å². The lowest BCUT2D eigenvalue weighted by atomic mass is 10.1. The van der Waals surface area contributed by atoms with E-state index in [1.165, 1.54) is 19.3 Å². The summed E-state index contributed by atoms with van der Waals surface area (Å²) >= 11 is 0. The van der Waals surface area contributed by atoms with E-state index < -0.39 is 0 Å². The molecule has 0 saturated carbocycles. The number of piperidine rings is 1. The van der Waals surface area contributed by atoms with Gasteiger partial charge in [-0.25, -0.2) is 0 Å². The minimum atomic E-state index is 0. The fourth-order valence-electron chi connectivity index (χ4n) is 2.01. The zero-order valence-electron chi connectivity index (χ0n) is 8.66. The summed E-state index contributed by atoms with van der Waals surface area (Å²) in [5, 5.41) is 10.8. The van der Waals surface area contributed by atoms with Gasteiger partial charge in [0.1, 0.15) is 0 Å². The van der Waals surface area contributed by atoms with E-state index in [1.807, 2.05) is 24.3 Å². The summed E-state index contributed by atoms with van der Waals surface area (Å²) in [5.41, 5.74) is 2.86. The van der Waals surface area contributed by atoms with Crippen LogP contribution < -0.4 is 34.4 Å². The molecule has 1 aromatic rings. The highest BCUT2D eigenvalue weighted by atomic mass is 127.